The van der Waals surface area contributed by atoms with Crippen molar-refractivity contribution in [3.63, 3.8) is 0 Å². The zero-order valence-electron chi connectivity index (χ0n) is 10.5. The Labute approximate surface area is 101 Å². The van der Waals surface area contributed by atoms with Gasteiger partial charge in [-0.25, -0.2) is 4.39 Å². The number of aliphatic hydroxyl groups is 1. The molecule has 17 heavy (non-hydrogen) atoms. The van der Waals surface area contributed by atoms with Crippen LogP contribution in [0.2, 0.25) is 0 Å². The monoisotopic (exact) mass is 241 g/mol. The molecule has 0 spiro atoms. The fourth-order valence-electron chi connectivity index (χ4n) is 1.74. The van der Waals surface area contributed by atoms with E-state index in [1.165, 1.54) is 19.2 Å². The van der Waals surface area contributed by atoms with Crippen molar-refractivity contribution in [1.82, 2.24) is 0 Å². The Morgan fingerprint density at radius 3 is 2.59 bits per heavy atom. The molecule has 0 aliphatic heterocycles. The quantitative estimate of drug-likeness (QED) is 0.831. The summed E-state index contributed by atoms with van der Waals surface area (Å²) >= 11 is 0. The second-order valence-corrected chi connectivity index (χ2v) is 4.62. The summed E-state index contributed by atoms with van der Waals surface area (Å²) in [5.74, 6) is 0.0786. The maximum absolute atomic E-state index is 13.2. The number of rotatable bonds is 5. The van der Waals surface area contributed by atoms with Crippen LogP contribution in [0, 0.1) is 11.7 Å². The lowest BCUT2D eigenvalue weighted by Crippen LogP contribution is -2.27. The zero-order valence-corrected chi connectivity index (χ0v) is 10.5. The van der Waals surface area contributed by atoms with Crippen LogP contribution >= 0.6 is 0 Å². The summed E-state index contributed by atoms with van der Waals surface area (Å²) in [4.78, 5) is 0. The molecular formula is C13H20FNO2. The van der Waals surface area contributed by atoms with Crippen LogP contribution in [0.15, 0.2) is 18.2 Å². The lowest BCUT2D eigenvalue weighted by molar-refractivity contribution is 0.121. The third kappa shape index (κ3) is 3.68. The minimum Gasteiger partial charge on any atom is -0.494 e. The first-order valence-electron chi connectivity index (χ1n) is 5.72. The first-order valence-corrected chi connectivity index (χ1v) is 5.72. The maximum Gasteiger partial charge on any atom is 0.165 e. The summed E-state index contributed by atoms with van der Waals surface area (Å²) in [5, 5.41) is 9.91. The minimum atomic E-state index is -0.634. The second kappa shape index (κ2) is 5.98. The number of benzene rings is 1. The molecule has 0 aromatic heterocycles. The van der Waals surface area contributed by atoms with Crippen LogP contribution in [0.3, 0.4) is 0 Å². The van der Waals surface area contributed by atoms with E-state index in [4.69, 9.17) is 10.5 Å². The first kappa shape index (κ1) is 13.9. The van der Waals surface area contributed by atoms with E-state index in [0.29, 0.717) is 17.9 Å². The predicted octanol–water partition coefficient (Wildman–Crippen LogP) is 2.24. The van der Waals surface area contributed by atoms with Crippen LogP contribution in [0.1, 0.15) is 31.9 Å². The molecule has 0 bridgehead atoms. The molecule has 96 valence electrons. The Morgan fingerprint density at radius 1 is 1.41 bits per heavy atom. The van der Waals surface area contributed by atoms with E-state index in [1.54, 1.807) is 6.07 Å². The summed E-state index contributed by atoms with van der Waals surface area (Å²) < 4.78 is 18.1. The summed E-state index contributed by atoms with van der Waals surface area (Å²) in [6.45, 7) is 4.03. The molecule has 0 heterocycles. The van der Waals surface area contributed by atoms with Crippen LogP contribution in [0.25, 0.3) is 0 Å². The van der Waals surface area contributed by atoms with Gasteiger partial charge in [-0.05, 0) is 30.0 Å². The average molecular weight is 241 g/mol. The molecule has 1 aromatic rings. The van der Waals surface area contributed by atoms with Crippen molar-refractivity contribution < 1.29 is 14.2 Å². The zero-order chi connectivity index (χ0) is 13.0. The Balaban J connectivity index is 2.84. The van der Waals surface area contributed by atoms with Gasteiger partial charge in [-0.15, -0.1) is 0 Å². The molecule has 0 saturated carbocycles. The van der Waals surface area contributed by atoms with Crippen molar-refractivity contribution in [2.75, 3.05) is 7.11 Å². The number of methoxy groups -OCH3 is 1. The van der Waals surface area contributed by atoms with Crippen LogP contribution in [-0.2, 0) is 0 Å². The van der Waals surface area contributed by atoms with Crippen molar-refractivity contribution >= 4 is 0 Å². The number of hydrogen-bond donors (Lipinski definition) is 2. The normalized spacial score (nSPS) is 14.8. The fraction of sp³-hybridized carbons (Fsp3) is 0.538. The molecule has 2 atom stereocenters. The number of nitrogens with two attached hydrogens (primary N) is 1. The van der Waals surface area contributed by atoms with Crippen LogP contribution in [-0.4, -0.2) is 18.3 Å². The van der Waals surface area contributed by atoms with Gasteiger partial charge in [0, 0.05) is 0 Å². The standard InChI is InChI=1S/C13H20FNO2/c1-8(2)6-11(16)13(15)9-4-5-10(14)12(7-9)17-3/h4-5,7-8,11,13,16H,6,15H2,1-3H3/t11-,13+/m1/s1. The molecule has 0 aliphatic rings. The van der Waals surface area contributed by atoms with Gasteiger partial charge in [0.25, 0.3) is 0 Å². The van der Waals surface area contributed by atoms with E-state index in [1.807, 2.05) is 13.8 Å². The largest absolute Gasteiger partial charge is 0.494 e. The van der Waals surface area contributed by atoms with E-state index in [9.17, 15) is 9.50 Å². The third-order valence-corrected chi connectivity index (χ3v) is 2.69. The molecule has 1 aromatic carbocycles. The molecule has 0 aliphatic carbocycles. The molecule has 0 saturated heterocycles. The predicted molar refractivity (Wildman–Crippen MR) is 65.3 cm³/mol. The molecule has 1 rings (SSSR count). The van der Waals surface area contributed by atoms with Gasteiger partial charge in [-0.3, -0.25) is 0 Å². The SMILES string of the molecule is COc1cc([C@H](N)[C@H](O)CC(C)C)ccc1F. The summed E-state index contributed by atoms with van der Waals surface area (Å²) in [6.07, 6.45) is -0.0221. The number of ether oxygens (including phenoxy) is 1. The van der Waals surface area contributed by atoms with Crippen LogP contribution < -0.4 is 10.5 Å². The number of halogens is 1. The summed E-state index contributed by atoms with van der Waals surface area (Å²) in [5.41, 5.74) is 6.61. The third-order valence-electron chi connectivity index (χ3n) is 2.69. The Bertz CT molecular complexity index is 368. The van der Waals surface area contributed by atoms with E-state index in [2.05, 4.69) is 0 Å². The first-order chi connectivity index (χ1) is 7.95. The van der Waals surface area contributed by atoms with Crippen molar-refractivity contribution in [2.45, 2.75) is 32.4 Å². The summed E-state index contributed by atoms with van der Waals surface area (Å²) in [6, 6.07) is 3.89. The lowest BCUT2D eigenvalue weighted by Gasteiger charge is -2.21. The number of aliphatic hydroxyl groups excluding tert-OH is 1. The molecule has 3 N–H and O–H groups in total. The average Bonchev–Trinajstić information content (AvgIpc) is 2.27. The van der Waals surface area contributed by atoms with Crippen molar-refractivity contribution in [3.05, 3.63) is 29.6 Å². The Hall–Kier alpha value is -1.13. The highest BCUT2D eigenvalue weighted by Gasteiger charge is 2.19. The highest BCUT2D eigenvalue weighted by atomic mass is 19.1. The van der Waals surface area contributed by atoms with Gasteiger partial charge >= 0.3 is 0 Å². The fourth-order valence-corrected chi connectivity index (χ4v) is 1.74. The Kier molecular flexibility index (Phi) is 4.90. The van der Waals surface area contributed by atoms with E-state index >= 15 is 0 Å². The van der Waals surface area contributed by atoms with Crippen molar-refractivity contribution in [1.29, 1.82) is 0 Å². The molecule has 0 amide bonds. The maximum atomic E-state index is 13.2. The van der Waals surface area contributed by atoms with Crippen LogP contribution in [0.4, 0.5) is 4.39 Å². The van der Waals surface area contributed by atoms with Gasteiger partial charge < -0.3 is 15.6 Å². The molecule has 3 nitrogen and oxygen atoms in total. The van der Waals surface area contributed by atoms with E-state index in [0.717, 1.165) is 0 Å². The van der Waals surface area contributed by atoms with Crippen LogP contribution in [0.5, 0.6) is 5.75 Å². The molecular weight excluding hydrogens is 221 g/mol. The Morgan fingerprint density at radius 2 is 2.06 bits per heavy atom. The van der Waals surface area contributed by atoms with Crippen molar-refractivity contribution in [3.8, 4) is 5.75 Å². The van der Waals surface area contributed by atoms with E-state index < -0.39 is 18.0 Å². The molecule has 0 fully saturated rings. The van der Waals surface area contributed by atoms with Gasteiger partial charge in [0.2, 0.25) is 0 Å². The highest BCUT2D eigenvalue weighted by molar-refractivity contribution is 5.32. The smallest absolute Gasteiger partial charge is 0.165 e. The van der Waals surface area contributed by atoms with Gasteiger partial charge in [0.05, 0.1) is 19.3 Å². The van der Waals surface area contributed by atoms with Gasteiger partial charge in [0.15, 0.2) is 11.6 Å². The minimum absolute atomic E-state index is 0.148. The summed E-state index contributed by atoms with van der Waals surface area (Å²) in [7, 11) is 1.40. The van der Waals surface area contributed by atoms with Gasteiger partial charge in [0.1, 0.15) is 0 Å². The number of hydrogen-bond acceptors (Lipinski definition) is 3. The molecule has 4 heteroatoms. The highest BCUT2D eigenvalue weighted by Crippen LogP contribution is 2.25. The van der Waals surface area contributed by atoms with E-state index in [-0.39, 0.29) is 5.75 Å². The molecule has 0 radical (unpaired) electrons. The van der Waals surface area contributed by atoms with Gasteiger partial charge in [-0.2, -0.15) is 0 Å². The molecule has 0 unspecified atom stereocenters. The second-order valence-electron chi connectivity index (χ2n) is 4.62. The van der Waals surface area contributed by atoms with Crippen molar-refractivity contribution in [2.24, 2.45) is 11.7 Å². The topological polar surface area (TPSA) is 55.5 Å². The lowest BCUT2D eigenvalue weighted by atomic mass is 9.95. The van der Waals surface area contributed by atoms with Gasteiger partial charge in [-0.1, -0.05) is 19.9 Å².